The third-order valence-corrected chi connectivity index (χ3v) is 3.89. The van der Waals surface area contributed by atoms with Crippen molar-refractivity contribution in [1.29, 1.82) is 0 Å². The van der Waals surface area contributed by atoms with Crippen molar-refractivity contribution in [2.45, 2.75) is 58.4 Å². The summed E-state index contributed by atoms with van der Waals surface area (Å²) in [6.07, 6.45) is 7.04. The molecule has 1 aromatic rings. The van der Waals surface area contributed by atoms with Gasteiger partial charge in [-0.3, -0.25) is 4.79 Å². The van der Waals surface area contributed by atoms with Crippen LogP contribution in [0.2, 0.25) is 0 Å². The highest BCUT2D eigenvalue weighted by Gasteiger charge is 2.23. The Morgan fingerprint density at radius 1 is 1.39 bits per heavy atom. The van der Waals surface area contributed by atoms with Crippen LogP contribution in [-0.4, -0.2) is 16.0 Å². The van der Waals surface area contributed by atoms with Gasteiger partial charge in [0, 0.05) is 18.5 Å². The Morgan fingerprint density at radius 2 is 2.17 bits per heavy atom. The van der Waals surface area contributed by atoms with E-state index >= 15 is 0 Å². The normalized spacial score (nSPS) is 23.9. The van der Waals surface area contributed by atoms with Gasteiger partial charge in [-0.2, -0.15) is 0 Å². The molecule has 18 heavy (non-hydrogen) atoms. The summed E-state index contributed by atoms with van der Waals surface area (Å²) < 4.78 is 0. The van der Waals surface area contributed by atoms with E-state index in [-0.39, 0.29) is 5.56 Å². The first kappa shape index (κ1) is 13.1. The number of aromatic nitrogens is 2. The lowest BCUT2D eigenvalue weighted by molar-refractivity contribution is 0.316. The molecule has 0 spiro atoms. The Hall–Kier alpha value is -1.32. The van der Waals surface area contributed by atoms with E-state index in [2.05, 4.69) is 22.2 Å². The Morgan fingerprint density at radius 3 is 2.89 bits per heavy atom. The van der Waals surface area contributed by atoms with E-state index in [1.807, 2.05) is 6.92 Å². The van der Waals surface area contributed by atoms with Crippen molar-refractivity contribution < 1.29 is 0 Å². The maximum atomic E-state index is 11.5. The summed E-state index contributed by atoms with van der Waals surface area (Å²) in [6, 6.07) is 2.04. The number of H-pyrrole nitrogens is 1. The fourth-order valence-electron chi connectivity index (χ4n) is 2.83. The number of rotatable bonds is 4. The lowest BCUT2D eigenvalue weighted by Gasteiger charge is -2.31. The molecule has 1 aliphatic rings. The minimum absolute atomic E-state index is 0.0618. The highest BCUT2D eigenvalue weighted by molar-refractivity contribution is 5.34. The average Bonchev–Trinajstić information content (AvgIpc) is 2.38. The highest BCUT2D eigenvalue weighted by atomic mass is 16.1. The number of aryl methyl sites for hydroxylation is 1. The first-order chi connectivity index (χ1) is 8.72. The van der Waals surface area contributed by atoms with Crippen molar-refractivity contribution in [2.75, 3.05) is 5.32 Å². The van der Waals surface area contributed by atoms with E-state index < -0.39 is 0 Å². The van der Waals surface area contributed by atoms with Crippen LogP contribution in [0.1, 0.15) is 51.8 Å². The molecule has 1 saturated carbocycles. The molecule has 4 heteroatoms. The summed E-state index contributed by atoms with van der Waals surface area (Å²) in [5.41, 5.74) is -0.0618. The molecule has 0 saturated heterocycles. The maximum Gasteiger partial charge on any atom is 0.252 e. The lowest BCUT2D eigenvalue weighted by Crippen LogP contribution is -2.32. The standard InChI is InChI=1S/C14H23N3O/c1-3-10-7-5-6-8-11(10)15-13-9-14(18)17-12(4-2)16-13/h9-11H,3-8H2,1-2H3,(H2,15,16,17,18). The van der Waals surface area contributed by atoms with Gasteiger partial charge in [0.1, 0.15) is 11.6 Å². The van der Waals surface area contributed by atoms with Gasteiger partial charge in [0.2, 0.25) is 0 Å². The maximum absolute atomic E-state index is 11.5. The predicted molar refractivity (Wildman–Crippen MR) is 73.9 cm³/mol. The van der Waals surface area contributed by atoms with Crippen LogP contribution in [0.15, 0.2) is 10.9 Å². The number of hydrogen-bond donors (Lipinski definition) is 2. The van der Waals surface area contributed by atoms with Crippen molar-refractivity contribution >= 4 is 5.82 Å². The molecule has 2 N–H and O–H groups in total. The number of anilines is 1. The third-order valence-electron chi connectivity index (χ3n) is 3.89. The molecule has 1 aromatic heterocycles. The zero-order valence-corrected chi connectivity index (χ0v) is 11.3. The summed E-state index contributed by atoms with van der Waals surface area (Å²) in [5, 5.41) is 3.47. The molecule has 0 radical (unpaired) electrons. The molecule has 0 bridgehead atoms. The molecule has 0 aliphatic heterocycles. The van der Waals surface area contributed by atoms with E-state index in [0.29, 0.717) is 12.0 Å². The van der Waals surface area contributed by atoms with Gasteiger partial charge >= 0.3 is 0 Å². The molecule has 1 fully saturated rings. The zero-order chi connectivity index (χ0) is 13.0. The molecule has 0 amide bonds. The molecular formula is C14H23N3O. The quantitative estimate of drug-likeness (QED) is 0.862. The minimum Gasteiger partial charge on any atom is -0.367 e. The van der Waals surface area contributed by atoms with Gasteiger partial charge in [-0.15, -0.1) is 0 Å². The van der Waals surface area contributed by atoms with Gasteiger partial charge in [-0.1, -0.05) is 33.1 Å². The summed E-state index contributed by atoms with van der Waals surface area (Å²) >= 11 is 0. The van der Waals surface area contributed by atoms with E-state index in [1.165, 1.54) is 32.1 Å². The fourth-order valence-corrected chi connectivity index (χ4v) is 2.83. The monoisotopic (exact) mass is 249 g/mol. The minimum atomic E-state index is -0.0618. The smallest absolute Gasteiger partial charge is 0.252 e. The third kappa shape index (κ3) is 3.12. The number of aromatic amines is 1. The number of nitrogens with zero attached hydrogens (tertiary/aromatic N) is 1. The predicted octanol–water partition coefficient (Wildman–Crippen LogP) is 2.71. The molecule has 4 nitrogen and oxygen atoms in total. The van der Waals surface area contributed by atoms with Crippen LogP contribution in [0.3, 0.4) is 0 Å². The van der Waals surface area contributed by atoms with Gasteiger partial charge in [-0.05, 0) is 18.8 Å². The topological polar surface area (TPSA) is 57.8 Å². The van der Waals surface area contributed by atoms with Crippen molar-refractivity contribution in [1.82, 2.24) is 9.97 Å². The fraction of sp³-hybridized carbons (Fsp3) is 0.714. The van der Waals surface area contributed by atoms with Crippen LogP contribution >= 0.6 is 0 Å². The van der Waals surface area contributed by atoms with Gasteiger partial charge in [0.25, 0.3) is 5.56 Å². The van der Waals surface area contributed by atoms with Crippen molar-refractivity contribution in [3.8, 4) is 0 Å². The summed E-state index contributed by atoms with van der Waals surface area (Å²) in [4.78, 5) is 18.7. The van der Waals surface area contributed by atoms with E-state index in [4.69, 9.17) is 0 Å². The Bertz CT molecular complexity index is 441. The average molecular weight is 249 g/mol. The van der Waals surface area contributed by atoms with Gasteiger partial charge in [0.15, 0.2) is 0 Å². The van der Waals surface area contributed by atoms with Crippen molar-refractivity contribution in [2.24, 2.45) is 5.92 Å². The van der Waals surface area contributed by atoms with Crippen LogP contribution in [0, 0.1) is 5.92 Å². The second kappa shape index (κ2) is 6.03. The zero-order valence-electron chi connectivity index (χ0n) is 11.3. The molecular weight excluding hydrogens is 226 g/mol. The Kier molecular flexibility index (Phi) is 4.39. The van der Waals surface area contributed by atoms with E-state index in [1.54, 1.807) is 6.07 Å². The van der Waals surface area contributed by atoms with E-state index in [9.17, 15) is 4.79 Å². The van der Waals surface area contributed by atoms with Crippen LogP contribution in [-0.2, 0) is 6.42 Å². The van der Waals surface area contributed by atoms with Crippen LogP contribution in [0.5, 0.6) is 0 Å². The molecule has 2 atom stereocenters. The molecule has 1 heterocycles. The Labute approximate surface area is 108 Å². The van der Waals surface area contributed by atoms with Crippen molar-refractivity contribution in [3.05, 3.63) is 22.2 Å². The van der Waals surface area contributed by atoms with Crippen LogP contribution in [0.4, 0.5) is 5.82 Å². The number of hydrogen-bond acceptors (Lipinski definition) is 3. The number of nitrogens with one attached hydrogen (secondary N) is 2. The first-order valence-electron chi connectivity index (χ1n) is 7.09. The summed E-state index contributed by atoms with van der Waals surface area (Å²) in [6.45, 7) is 4.24. The molecule has 2 unspecified atom stereocenters. The molecule has 0 aromatic carbocycles. The Balaban J connectivity index is 2.12. The summed E-state index contributed by atoms with van der Waals surface area (Å²) in [5.74, 6) is 2.21. The second-order valence-electron chi connectivity index (χ2n) is 5.13. The lowest BCUT2D eigenvalue weighted by atomic mass is 9.83. The second-order valence-corrected chi connectivity index (χ2v) is 5.13. The van der Waals surface area contributed by atoms with E-state index in [0.717, 1.165) is 18.1 Å². The largest absolute Gasteiger partial charge is 0.367 e. The molecule has 1 aliphatic carbocycles. The van der Waals surface area contributed by atoms with Gasteiger partial charge < -0.3 is 10.3 Å². The van der Waals surface area contributed by atoms with Crippen molar-refractivity contribution in [3.63, 3.8) is 0 Å². The van der Waals surface area contributed by atoms with Crippen LogP contribution < -0.4 is 10.9 Å². The molecule has 2 rings (SSSR count). The van der Waals surface area contributed by atoms with Gasteiger partial charge in [-0.25, -0.2) is 4.98 Å². The van der Waals surface area contributed by atoms with Crippen LogP contribution in [0.25, 0.3) is 0 Å². The molecule has 100 valence electrons. The van der Waals surface area contributed by atoms with Gasteiger partial charge in [0.05, 0.1) is 0 Å². The highest BCUT2D eigenvalue weighted by Crippen LogP contribution is 2.28. The summed E-state index contributed by atoms with van der Waals surface area (Å²) in [7, 11) is 0. The first-order valence-corrected chi connectivity index (χ1v) is 7.09. The SMILES string of the molecule is CCc1nc(NC2CCCCC2CC)cc(=O)[nH]1.